The van der Waals surface area contributed by atoms with Crippen LogP contribution in [-0.2, 0) is 9.59 Å². The monoisotopic (exact) mass is 267 g/mol. The van der Waals surface area contributed by atoms with Gasteiger partial charge in [-0.25, -0.2) is 4.79 Å². The van der Waals surface area contributed by atoms with Gasteiger partial charge in [0.2, 0.25) is 5.91 Å². The van der Waals surface area contributed by atoms with Crippen molar-refractivity contribution in [3.8, 4) is 0 Å². The second-order valence-corrected chi connectivity index (χ2v) is 6.12. The number of rotatable bonds is 4. The van der Waals surface area contributed by atoms with Crippen molar-refractivity contribution in [1.82, 2.24) is 5.32 Å². The lowest BCUT2D eigenvalue weighted by molar-refractivity contribution is -0.143. The van der Waals surface area contributed by atoms with Gasteiger partial charge in [-0.3, -0.25) is 4.79 Å². The zero-order valence-electron chi connectivity index (χ0n) is 11.7. The molecular weight excluding hydrogens is 242 g/mol. The first kappa shape index (κ1) is 14.4. The van der Waals surface area contributed by atoms with Gasteiger partial charge in [0, 0.05) is 5.92 Å². The summed E-state index contributed by atoms with van der Waals surface area (Å²) in [7, 11) is 0. The normalized spacial score (nSPS) is 32.2. The third kappa shape index (κ3) is 3.48. The highest BCUT2D eigenvalue weighted by Gasteiger charge is 2.35. The molecule has 1 amide bonds. The number of carbonyl (C=O) groups is 2. The second-order valence-electron chi connectivity index (χ2n) is 6.12. The maximum atomic E-state index is 12.2. The molecule has 4 atom stereocenters. The first-order chi connectivity index (χ1) is 9.11. The molecule has 2 rings (SSSR count). The highest BCUT2D eigenvalue weighted by molar-refractivity contribution is 5.84. The van der Waals surface area contributed by atoms with Gasteiger partial charge in [0.1, 0.15) is 6.04 Å². The fraction of sp³-hybridized carbons (Fsp3) is 0.867. The van der Waals surface area contributed by atoms with Crippen LogP contribution in [-0.4, -0.2) is 23.0 Å². The molecule has 0 aromatic heterocycles. The summed E-state index contributed by atoms with van der Waals surface area (Å²) < 4.78 is 0. The SMILES string of the molecule is CC[C@@H](NC(=O)C1CCC2CCCCC2C1)C(=O)O. The van der Waals surface area contributed by atoms with Crippen molar-refractivity contribution in [2.75, 3.05) is 0 Å². The Morgan fingerprint density at radius 2 is 1.84 bits per heavy atom. The van der Waals surface area contributed by atoms with E-state index in [1.165, 1.54) is 25.7 Å². The number of carbonyl (C=O) groups excluding carboxylic acids is 1. The number of hydrogen-bond donors (Lipinski definition) is 2. The molecule has 0 spiro atoms. The van der Waals surface area contributed by atoms with Gasteiger partial charge < -0.3 is 10.4 Å². The fourth-order valence-electron chi connectivity index (χ4n) is 3.74. The maximum Gasteiger partial charge on any atom is 0.326 e. The van der Waals surface area contributed by atoms with Gasteiger partial charge in [0.15, 0.2) is 0 Å². The number of carboxylic acid groups (broad SMARTS) is 1. The molecule has 0 bridgehead atoms. The zero-order valence-corrected chi connectivity index (χ0v) is 11.7. The zero-order chi connectivity index (χ0) is 13.8. The molecule has 2 aliphatic carbocycles. The van der Waals surface area contributed by atoms with Gasteiger partial charge >= 0.3 is 5.97 Å². The lowest BCUT2D eigenvalue weighted by Gasteiger charge is -2.38. The molecule has 3 unspecified atom stereocenters. The summed E-state index contributed by atoms with van der Waals surface area (Å²) in [5.74, 6) is 0.579. The summed E-state index contributed by atoms with van der Waals surface area (Å²) >= 11 is 0. The van der Waals surface area contributed by atoms with Crippen molar-refractivity contribution >= 4 is 11.9 Å². The molecular formula is C15H25NO3. The van der Waals surface area contributed by atoms with Crippen molar-refractivity contribution in [1.29, 1.82) is 0 Å². The Balaban J connectivity index is 1.88. The number of amides is 1. The summed E-state index contributed by atoms with van der Waals surface area (Å²) in [5.41, 5.74) is 0. The molecule has 0 aromatic carbocycles. The summed E-state index contributed by atoms with van der Waals surface area (Å²) in [6.45, 7) is 1.79. The van der Waals surface area contributed by atoms with Crippen molar-refractivity contribution in [3.05, 3.63) is 0 Å². The summed E-state index contributed by atoms with van der Waals surface area (Å²) in [6, 6.07) is -0.725. The molecule has 0 aliphatic heterocycles. The van der Waals surface area contributed by atoms with E-state index in [1.54, 1.807) is 6.92 Å². The fourth-order valence-corrected chi connectivity index (χ4v) is 3.74. The summed E-state index contributed by atoms with van der Waals surface area (Å²) in [5, 5.41) is 11.7. The Bertz CT molecular complexity index is 342. The molecule has 108 valence electrons. The summed E-state index contributed by atoms with van der Waals surface area (Å²) in [4.78, 5) is 23.1. The Morgan fingerprint density at radius 3 is 2.47 bits per heavy atom. The molecule has 2 N–H and O–H groups in total. The van der Waals surface area contributed by atoms with Crippen LogP contribution in [0.25, 0.3) is 0 Å². The van der Waals surface area contributed by atoms with Gasteiger partial charge in [-0.1, -0.05) is 32.6 Å². The van der Waals surface area contributed by atoms with Crippen LogP contribution >= 0.6 is 0 Å². The molecule has 2 fully saturated rings. The van der Waals surface area contributed by atoms with Crippen LogP contribution in [0.1, 0.15) is 58.3 Å². The van der Waals surface area contributed by atoms with Crippen LogP contribution in [0.15, 0.2) is 0 Å². The van der Waals surface area contributed by atoms with Crippen molar-refractivity contribution in [2.45, 2.75) is 64.3 Å². The topological polar surface area (TPSA) is 66.4 Å². The van der Waals surface area contributed by atoms with Crippen LogP contribution in [0.4, 0.5) is 0 Å². The highest BCUT2D eigenvalue weighted by atomic mass is 16.4. The molecule has 0 radical (unpaired) electrons. The van der Waals surface area contributed by atoms with Gasteiger partial charge in [-0.15, -0.1) is 0 Å². The van der Waals surface area contributed by atoms with E-state index >= 15 is 0 Å². The van der Waals surface area contributed by atoms with Gasteiger partial charge in [-0.2, -0.15) is 0 Å². The van der Waals surface area contributed by atoms with Crippen molar-refractivity contribution in [3.63, 3.8) is 0 Å². The van der Waals surface area contributed by atoms with E-state index in [0.29, 0.717) is 12.3 Å². The van der Waals surface area contributed by atoms with Gasteiger partial charge in [0.25, 0.3) is 0 Å². The largest absolute Gasteiger partial charge is 0.480 e. The predicted molar refractivity (Wildman–Crippen MR) is 72.6 cm³/mol. The summed E-state index contributed by atoms with van der Waals surface area (Å²) in [6.07, 6.45) is 8.70. The Morgan fingerprint density at radius 1 is 1.16 bits per heavy atom. The molecule has 0 saturated heterocycles. The third-order valence-corrected chi connectivity index (χ3v) is 4.93. The van der Waals surface area contributed by atoms with Crippen LogP contribution in [0.2, 0.25) is 0 Å². The minimum absolute atomic E-state index is 0.0350. The standard InChI is InChI=1S/C15H25NO3/c1-2-13(15(18)19)16-14(17)12-8-7-10-5-3-4-6-11(10)9-12/h10-13H,2-9H2,1H3,(H,16,17)(H,18,19)/t10?,11?,12?,13-/m1/s1. The number of aliphatic carboxylic acids is 1. The molecule has 2 aliphatic rings. The lowest BCUT2D eigenvalue weighted by atomic mass is 9.67. The average molecular weight is 267 g/mol. The number of hydrogen-bond acceptors (Lipinski definition) is 2. The highest BCUT2D eigenvalue weighted by Crippen LogP contribution is 2.42. The second kappa shape index (κ2) is 6.40. The van der Waals surface area contributed by atoms with Crippen molar-refractivity contribution in [2.24, 2.45) is 17.8 Å². The Hall–Kier alpha value is -1.06. The molecule has 19 heavy (non-hydrogen) atoms. The Kier molecular flexibility index (Phi) is 4.83. The van der Waals surface area contributed by atoms with E-state index in [1.807, 2.05) is 0 Å². The average Bonchev–Trinajstić information content (AvgIpc) is 2.43. The van der Waals surface area contributed by atoms with Crippen LogP contribution in [0, 0.1) is 17.8 Å². The quantitative estimate of drug-likeness (QED) is 0.822. The molecule has 2 saturated carbocycles. The molecule has 4 heteroatoms. The van der Waals surface area contributed by atoms with Gasteiger partial charge in [0.05, 0.1) is 0 Å². The predicted octanol–water partition coefficient (Wildman–Crippen LogP) is 2.57. The minimum atomic E-state index is -0.929. The van der Waals surface area contributed by atoms with E-state index in [2.05, 4.69) is 5.32 Å². The minimum Gasteiger partial charge on any atom is -0.480 e. The van der Waals surface area contributed by atoms with E-state index in [-0.39, 0.29) is 11.8 Å². The van der Waals surface area contributed by atoms with Crippen molar-refractivity contribution < 1.29 is 14.7 Å². The number of nitrogens with one attached hydrogen (secondary N) is 1. The smallest absolute Gasteiger partial charge is 0.326 e. The van der Waals surface area contributed by atoms with E-state index in [0.717, 1.165) is 25.2 Å². The Labute approximate surface area is 115 Å². The van der Waals surface area contributed by atoms with Crippen LogP contribution < -0.4 is 5.32 Å². The third-order valence-electron chi connectivity index (χ3n) is 4.93. The number of fused-ring (bicyclic) bond motifs is 1. The molecule has 4 nitrogen and oxygen atoms in total. The van der Waals surface area contributed by atoms with E-state index < -0.39 is 12.0 Å². The lowest BCUT2D eigenvalue weighted by Crippen LogP contribution is -2.45. The number of carboxylic acids is 1. The molecule has 0 heterocycles. The first-order valence-corrected chi connectivity index (χ1v) is 7.65. The molecule has 0 aromatic rings. The van der Waals surface area contributed by atoms with Crippen LogP contribution in [0.5, 0.6) is 0 Å². The van der Waals surface area contributed by atoms with E-state index in [4.69, 9.17) is 5.11 Å². The van der Waals surface area contributed by atoms with Crippen LogP contribution in [0.3, 0.4) is 0 Å². The van der Waals surface area contributed by atoms with Gasteiger partial charge in [-0.05, 0) is 37.5 Å². The first-order valence-electron chi connectivity index (χ1n) is 7.65. The van der Waals surface area contributed by atoms with E-state index in [9.17, 15) is 9.59 Å². The maximum absolute atomic E-state index is 12.2.